The molecule has 0 spiro atoms. The average molecular weight is 195 g/mol. The Morgan fingerprint density at radius 1 is 1.36 bits per heavy atom. The van der Waals surface area contributed by atoms with Gasteiger partial charge in [-0.1, -0.05) is 20.3 Å². The molecule has 1 heterocycles. The van der Waals surface area contributed by atoms with Crippen LogP contribution in [0.4, 0.5) is 0 Å². The van der Waals surface area contributed by atoms with Gasteiger partial charge in [-0.3, -0.25) is 4.68 Å². The molecule has 0 bridgehead atoms. The third-order valence-electron chi connectivity index (χ3n) is 2.39. The summed E-state index contributed by atoms with van der Waals surface area (Å²) in [6.07, 6.45) is 4.32. The van der Waals surface area contributed by atoms with E-state index in [1.54, 1.807) is 0 Å². The van der Waals surface area contributed by atoms with E-state index < -0.39 is 0 Å². The molecule has 1 N–H and O–H groups in total. The number of aromatic nitrogens is 2. The van der Waals surface area contributed by atoms with Gasteiger partial charge in [-0.05, 0) is 19.9 Å². The number of nitrogens with zero attached hydrogens (tertiary/aromatic N) is 2. The lowest BCUT2D eigenvalue weighted by atomic mass is 10.1. The highest BCUT2D eigenvalue weighted by Crippen LogP contribution is 2.10. The molecule has 0 aliphatic heterocycles. The molecule has 0 radical (unpaired) electrons. The van der Waals surface area contributed by atoms with E-state index in [0.717, 1.165) is 26.1 Å². The van der Waals surface area contributed by atoms with Gasteiger partial charge in [0.2, 0.25) is 0 Å². The molecule has 0 fully saturated rings. The van der Waals surface area contributed by atoms with Crippen molar-refractivity contribution in [3.8, 4) is 0 Å². The maximum Gasteiger partial charge on any atom is 0.0537 e. The lowest BCUT2D eigenvalue weighted by Crippen LogP contribution is -2.13. The first kappa shape index (κ1) is 11.2. The summed E-state index contributed by atoms with van der Waals surface area (Å²) >= 11 is 0. The molecule has 3 nitrogen and oxygen atoms in total. The fraction of sp³-hybridized carbons (Fsp3) is 0.727. The van der Waals surface area contributed by atoms with Gasteiger partial charge in [-0.15, -0.1) is 0 Å². The molecule has 1 aromatic rings. The van der Waals surface area contributed by atoms with Crippen LogP contribution < -0.4 is 5.32 Å². The van der Waals surface area contributed by atoms with Crippen LogP contribution in [-0.2, 0) is 19.5 Å². The molecule has 0 aliphatic rings. The molecule has 0 aromatic carbocycles. The summed E-state index contributed by atoms with van der Waals surface area (Å²) in [5.74, 6) is 0. The molecule has 0 unspecified atom stereocenters. The van der Waals surface area contributed by atoms with Gasteiger partial charge in [0.05, 0.1) is 6.20 Å². The highest BCUT2D eigenvalue weighted by Gasteiger charge is 2.07. The van der Waals surface area contributed by atoms with Crippen molar-refractivity contribution in [1.82, 2.24) is 15.1 Å². The van der Waals surface area contributed by atoms with Crippen molar-refractivity contribution < 1.29 is 0 Å². The van der Waals surface area contributed by atoms with Crippen molar-refractivity contribution in [3.05, 3.63) is 17.5 Å². The van der Waals surface area contributed by atoms with Crippen LogP contribution in [0.25, 0.3) is 0 Å². The fourth-order valence-electron chi connectivity index (χ4n) is 1.66. The SMILES string of the molecule is CCCc1c(CNCC)cnn1CC. The minimum Gasteiger partial charge on any atom is -0.313 e. The fourth-order valence-corrected chi connectivity index (χ4v) is 1.66. The van der Waals surface area contributed by atoms with Gasteiger partial charge in [-0.2, -0.15) is 5.10 Å². The van der Waals surface area contributed by atoms with Gasteiger partial charge in [0, 0.05) is 24.3 Å². The Hall–Kier alpha value is -0.830. The van der Waals surface area contributed by atoms with Gasteiger partial charge in [0.25, 0.3) is 0 Å². The van der Waals surface area contributed by atoms with E-state index in [1.165, 1.54) is 17.7 Å². The maximum absolute atomic E-state index is 4.38. The molecule has 1 aromatic heterocycles. The summed E-state index contributed by atoms with van der Waals surface area (Å²) in [5, 5.41) is 7.73. The molecule has 0 atom stereocenters. The Bertz CT molecular complexity index is 265. The first-order valence-corrected chi connectivity index (χ1v) is 5.57. The third-order valence-corrected chi connectivity index (χ3v) is 2.39. The first-order chi connectivity index (χ1) is 6.83. The molecular weight excluding hydrogens is 174 g/mol. The first-order valence-electron chi connectivity index (χ1n) is 5.57. The van der Waals surface area contributed by atoms with Crippen LogP contribution in [0, 0.1) is 0 Å². The number of hydrogen-bond acceptors (Lipinski definition) is 2. The summed E-state index contributed by atoms with van der Waals surface area (Å²) in [5.41, 5.74) is 2.76. The average Bonchev–Trinajstić information content (AvgIpc) is 2.58. The number of rotatable bonds is 6. The predicted molar refractivity (Wildman–Crippen MR) is 59.3 cm³/mol. The summed E-state index contributed by atoms with van der Waals surface area (Å²) in [6.45, 7) is 9.42. The Labute approximate surface area is 86.5 Å². The van der Waals surface area contributed by atoms with Gasteiger partial charge >= 0.3 is 0 Å². The standard InChI is InChI=1S/C11H21N3/c1-4-7-11-10(8-12-5-2)9-13-14(11)6-3/h9,12H,4-8H2,1-3H3. The van der Waals surface area contributed by atoms with E-state index in [4.69, 9.17) is 0 Å². The second-order valence-corrected chi connectivity index (χ2v) is 3.46. The molecule has 80 valence electrons. The lowest BCUT2D eigenvalue weighted by Gasteiger charge is -2.06. The molecule has 0 saturated carbocycles. The molecule has 1 rings (SSSR count). The molecule has 14 heavy (non-hydrogen) atoms. The van der Waals surface area contributed by atoms with Crippen LogP contribution in [0.15, 0.2) is 6.20 Å². The molecule has 0 aliphatic carbocycles. The van der Waals surface area contributed by atoms with Crippen LogP contribution in [0.1, 0.15) is 38.4 Å². The summed E-state index contributed by atoms with van der Waals surface area (Å²) in [6, 6.07) is 0. The van der Waals surface area contributed by atoms with E-state index in [-0.39, 0.29) is 0 Å². The second-order valence-electron chi connectivity index (χ2n) is 3.46. The third kappa shape index (κ3) is 2.58. The zero-order valence-corrected chi connectivity index (χ0v) is 9.51. The van der Waals surface area contributed by atoms with Crippen molar-refractivity contribution in [2.45, 2.75) is 46.7 Å². The normalized spacial score (nSPS) is 10.8. The Morgan fingerprint density at radius 2 is 2.14 bits per heavy atom. The maximum atomic E-state index is 4.38. The van der Waals surface area contributed by atoms with Gasteiger partial charge < -0.3 is 5.32 Å². The molecule has 3 heteroatoms. The summed E-state index contributed by atoms with van der Waals surface area (Å²) in [4.78, 5) is 0. The molecule has 0 saturated heterocycles. The van der Waals surface area contributed by atoms with Gasteiger partial charge in [0.1, 0.15) is 0 Å². The van der Waals surface area contributed by atoms with Crippen LogP contribution in [-0.4, -0.2) is 16.3 Å². The van der Waals surface area contributed by atoms with Crippen LogP contribution >= 0.6 is 0 Å². The van der Waals surface area contributed by atoms with Crippen LogP contribution in [0.2, 0.25) is 0 Å². The smallest absolute Gasteiger partial charge is 0.0537 e. The number of aryl methyl sites for hydroxylation is 1. The topological polar surface area (TPSA) is 29.9 Å². The van der Waals surface area contributed by atoms with Crippen molar-refractivity contribution in [2.24, 2.45) is 0 Å². The van der Waals surface area contributed by atoms with Crippen LogP contribution in [0.3, 0.4) is 0 Å². The number of nitrogens with one attached hydrogen (secondary N) is 1. The zero-order valence-electron chi connectivity index (χ0n) is 9.51. The van der Waals surface area contributed by atoms with Crippen LogP contribution in [0.5, 0.6) is 0 Å². The predicted octanol–water partition coefficient (Wildman–Crippen LogP) is 1.96. The zero-order chi connectivity index (χ0) is 10.4. The molecule has 0 amide bonds. The highest BCUT2D eigenvalue weighted by molar-refractivity contribution is 5.17. The van der Waals surface area contributed by atoms with Gasteiger partial charge in [0.15, 0.2) is 0 Å². The molecular formula is C11H21N3. The Morgan fingerprint density at radius 3 is 2.71 bits per heavy atom. The quantitative estimate of drug-likeness (QED) is 0.752. The van der Waals surface area contributed by atoms with E-state index in [9.17, 15) is 0 Å². The highest BCUT2D eigenvalue weighted by atomic mass is 15.3. The lowest BCUT2D eigenvalue weighted by molar-refractivity contribution is 0.610. The van der Waals surface area contributed by atoms with E-state index in [2.05, 4.69) is 35.9 Å². The Kier molecular flexibility index (Phi) is 4.66. The van der Waals surface area contributed by atoms with Crippen molar-refractivity contribution >= 4 is 0 Å². The minimum atomic E-state index is 0.950. The van der Waals surface area contributed by atoms with E-state index in [0.29, 0.717) is 0 Å². The van der Waals surface area contributed by atoms with Crippen molar-refractivity contribution in [1.29, 1.82) is 0 Å². The van der Waals surface area contributed by atoms with E-state index in [1.807, 2.05) is 6.20 Å². The van der Waals surface area contributed by atoms with E-state index >= 15 is 0 Å². The minimum absolute atomic E-state index is 0.950. The van der Waals surface area contributed by atoms with Crippen molar-refractivity contribution in [2.75, 3.05) is 6.54 Å². The Balaban J connectivity index is 2.75. The monoisotopic (exact) mass is 195 g/mol. The van der Waals surface area contributed by atoms with Gasteiger partial charge in [-0.25, -0.2) is 0 Å². The van der Waals surface area contributed by atoms with Crippen molar-refractivity contribution in [3.63, 3.8) is 0 Å². The number of hydrogen-bond donors (Lipinski definition) is 1. The second kappa shape index (κ2) is 5.81. The summed E-state index contributed by atoms with van der Waals surface area (Å²) < 4.78 is 2.11. The summed E-state index contributed by atoms with van der Waals surface area (Å²) in [7, 11) is 0. The largest absolute Gasteiger partial charge is 0.313 e.